The predicted octanol–water partition coefficient (Wildman–Crippen LogP) is 4.58. The highest BCUT2D eigenvalue weighted by Gasteiger charge is 2.18. The van der Waals surface area contributed by atoms with Gasteiger partial charge in [0.05, 0.1) is 6.20 Å². The van der Waals surface area contributed by atoms with E-state index in [0.29, 0.717) is 35.1 Å². The highest BCUT2D eigenvalue weighted by Crippen LogP contribution is 2.30. The monoisotopic (exact) mass is 542 g/mol. The lowest BCUT2D eigenvalue weighted by Crippen LogP contribution is -2.43. The summed E-state index contributed by atoms with van der Waals surface area (Å²) in [6.07, 6.45) is 2.28. The molecule has 0 atom stereocenters. The van der Waals surface area contributed by atoms with Gasteiger partial charge in [0.15, 0.2) is 5.82 Å². The van der Waals surface area contributed by atoms with E-state index in [2.05, 4.69) is 48.2 Å². The first kappa shape index (κ1) is 27.1. The maximum Gasteiger partial charge on any atom is 0.324 e. The Hall–Kier alpha value is -4.48. The molecule has 3 amide bonds. The summed E-state index contributed by atoms with van der Waals surface area (Å²) in [5.74, 6) is 1.38. The maximum absolute atomic E-state index is 13.0. The first-order valence-electron chi connectivity index (χ1n) is 13.4. The molecule has 1 aliphatic rings. The van der Waals surface area contributed by atoms with Gasteiger partial charge in [0, 0.05) is 62.5 Å². The molecule has 2 aromatic carbocycles. The molecule has 208 valence electrons. The second-order valence-corrected chi connectivity index (χ2v) is 10.0. The van der Waals surface area contributed by atoms with Crippen LogP contribution in [-0.2, 0) is 13.0 Å². The summed E-state index contributed by atoms with van der Waals surface area (Å²) >= 11 is 0. The van der Waals surface area contributed by atoms with E-state index in [0.717, 1.165) is 55.0 Å². The van der Waals surface area contributed by atoms with Gasteiger partial charge in [0.2, 0.25) is 0 Å². The van der Waals surface area contributed by atoms with Crippen LogP contribution < -0.4 is 16.0 Å². The lowest BCUT2D eigenvalue weighted by molar-refractivity contribution is 0.102. The quantitative estimate of drug-likeness (QED) is 0.256. The Kier molecular flexibility index (Phi) is 8.23. The first-order chi connectivity index (χ1) is 19.4. The number of carbonyl (C=O) groups excluding carboxylic acids is 2. The highest BCUT2D eigenvalue weighted by molar-refractivity contribution is 6.04. The molecule has 0 saturated carbocycles. The molecule has 11 heteroatoms. The van der Waals surface area contributed by atoms with E-state index in [1.165, 1.54) is 0 Å². The minimum absolute atomic E-state index is 0.220. The minimum Gasteiger partial charge on any atom is -0.359 e. The minimum atomic E-state index is -0.403. The molecule has 0 unspecified atom stereocenters. The number of nitrogens with zero attached hydrogens (tertiary/aromatic N) is 4. The summed E-state index contributed by atoms with van der Waals surface area (Å²) in [6, 6.07) is 14.7. The SMILES string of the molecule is CCc1cc(NC(=O)Nc2ccc(-c3cc(C(=O)Nc4ccn[nH]4)ccc3CN3CCN(C)CC3)cc2C)no1. The predicted molar refractivity (Wildman–Crippen MR) is 154 cm³/mol. The van der Waals surface area contributed by atoms with E-state index in [1.54, 1.807) is 18.3 Å². The van der Waals surface area contributed by atoms with Gasteiger partial charge in [-0.05, 0) is 60.5 Å². The number of hydrogen-bond donors (Lipinski definition) is 4. The molecule has 0 bridgehead atoms. The number of nitrogens with one attached hydrogen (secondary N) is 4. The van der Waals surface area contributed by atoms with Gasteiger partial charge in [-0.15, -0.1) is 0 Å². The number of benzene rings is 2. The lowest BCUT2D eigenvalue weighted by atomic mass is 9.94. The van der Waals surface area contributed by atoms with Crippen LogP contribution >= 0.6 is 0 Å². The molecular formula is C29H34N8O3. The fraction of sp³-hybridized carbons (Fsp3) is 0.310. The lowest BCUT2D eigenvalue weighted by Gasteiger charge is -2.32. The zero-order valence-corrected chi connectivity index (χ0v) is 23.0. The molecule has 1 saturated heterocycles. The average molecular weight is 543 g/mol. The van der Waals surface area contributed by atoms with Crippen LogP contribution in [0.1, 0.15) is 34.2 Å². The van der Waals surface area contributed by atoms with Crippen molar-refractivity contribution in [1.29, 1.82) is 0 Å². The van der Waals surface area contributed by atoms with E-state index in [4.69, 9.17) is 4.52 Å². The second-order valence-electron chi connectivity index (χ2n) is 10.0. The molecular weight excluding hydrogens is 508 g/mol. The molecule has 2 aromatic heterocycles. The largest absolute Gasteiger partial charge is 0.359 e. The zero-order chi connectivity index (χ0) is 28.1. The summed E-state index contributed by atoms with van der Waals surface area (Å²) < 4.78 is 5.15. The number of aromatic amines is 1. The van der Waals surface area contributed by atoms with Gasteiger partial charge in [0.1, 0.15) is 11.6 Å². The van der Waals surface area contributed by atoms with E-state index in [-0.39, 0.29) is 5.91 Å². The molecule has 3 heterocycles. The van der Waals surface area contributed by atoms with Crippen molar-refractivity contribution in [3.05, 3.63) is 77.2 Å². The van der Waals surface area contributed by atoms with E-state index in [9.17, 15) is 9.59 Å². The van der Waals surface area contributed by atoms with Gasteiger partial charge < -0.3 is 20.1 Å². The third kappa shape index (κ3) is 6.56. The summed E-state index contributed by atoms with van der Waals surface area (Å²) in [6.45, 7) is 8.70. The topological polar surface area (TPSA) is 131 Å². The highest BCUT2D eigenvalue weighted by atomic mass is 16.5. The van der Waals surface area contributed by atoms with Crippen molar-refractivity contribution in [3.8, 4) is 11.1 Å². The van der Waals surface area contributed by atoms with Crippen molar-refractivity contribution in [1.82, 2.24) is 25.2 Å². The molecule has 40 heavy (non-hydrogen) atoms. The van der Waals surface area contributed by atoms with Crippen molar-refractivity contribution in [3.63, 3.8) is 0 Å². The number of carbonyl (C=O) groups is 2. The second kappa shape index (κ2) is 12.1. The molecule has 11 nitrogen and oxygen atoms in total. The van der Waals surface area contributed by atoms with Crippen LogP contribution in [0, 0.1) is 6.92 Å². The Morgan fingerprint density at radius 3 is 2.52 bits per heavy atom. The van der Waals surface area contributed by atoms with Crippen molar-refractivity contribution in [2.75, 3.05) is 49.2 Å². The number of likely N-dealkylation sites (N-methyl/N-ethyl adjacent to an activating group) is 1. The van der Waals surface area contributed by atoms with E-state index < -0.39 is 6.03 Å². The van der Waals surface area contributed by atoms with Crippen molar-refractivity contribution >= 4 is 29.3 Å². The number of aromatic nitrogens is 3. The first-order valence-corrected chi connectivity index (χ1v) is 13.4. The van der Waals surface area contributed by atoms with Crippen LogP contribution in [0.3, 0.4) is 0 Å². The Morgan fingerprint density at radius 2 is 1.82 bits per heavy atom. The molecule has 1 aliphatic heterocycles. The summed E-state index contributed by atoms with van der Waals surface area (Å²) in [5, 5.41) is 18.9. The van der Waals surface area contributed by atoms with Crippen LogP contribution in [0.4, 0.5) is 22.1 Å². The average Bonchev–Trinajstić information content (AvgIpc) is 3.63. The van der Waals surface area contributed by atoms with Crippen LogP contribution in [0.5, 0.6) is 0 Å². The third-order valence-electron chi connectivity index (χ3n) is 7.05. The number of hydrogen-bond acceptors (Lipinski definition) is 7. The van der Waals surface area contributed by atoms with Crippen molar-refractivity contribution < 1.29 is 14.1 Å². The molecule has 0 radical (unpaired) electrons. The standard InChI is InChI=1S/C29H34N8O3/c1-4-23-17-27(35-40-23)33-29(39)31-25-8-7-20(15-19(25)2)24-16-21(28(38)32-26-9-10-30-34-26)5-6-22(24)18-37-13-11-36(3)12-14-37/h5-10,15-17H,4,11-14,18H2,1-3H3,(H2,30,32,34,38)(H2,31,33,35,39). The number of H-pyrrole nitrogens is 1. The van der Waals surface area contributed by atoms with Crippen LogP contribution in [0.25, 0.3) is 11.1 Å². The Morgan fingerprint density at radius 1 is 1.00 bits per heavy atom. The van der Waals surface area contributed by atoms with Gasteiger partial charge in [0.25, 0.3) is 5.91 Å². The van der Waals surface area contributed by atoms with E-state index >= 15 is 0 Å². The molecule has 4 aromatic rings. The van der Waals surface area contributed by atoms with Gasteiger partial charge in [-0.3, -0.25) is 20.1 Å². The van der Waals surface area contributed by atoms with Crippen LogP contribution in [-0.4, -0.2) is 70.3 Å². The fourth-order valence-corrected chi connectivity index (χ4v) is 4.67. The Balaban J connectivity index is 1.38. The molecule has 5 rings (SSSR count). The van der Waals surface area contributed by atoms with Gasteiger partial charge in [-0.1, -0.05) is 24.2 Å². The summed E-state index contributed by atoms with van der Waals surface area (Å²) in [7, 11) is 2.14. The van der Waals surface area contributed by atoms with Crippen LogP contribution in [0.2, 0.25) is 0 Å². The molecule has 1 fully saturated rings. The normalized spacial score (nSPS) is 14.2. The van der Waals surface area contributed by atoms with Gasteiger partial charge >= 0.3 is 6.03 Å². The summed E-state index contributed by atoms with van der Waals surface area (Å²) in [4.78, 5) is 30.3. The zero-order valence-electron chi connectivity index (χ0n) is 23.0. The van der Waals surface area contributed by atoms with Crippen molar-refractivity contribution in [2.45, 2.75) is 26.8 Å². The number of anilines is 3. The maximum atomic E-state index is 13.0. The smallest absolute Gasteiger partial charge is 0.324 e. The number of aryl methyl sites for hydroxylation is 2. The van der Waals surface area contributed by atoms with Gasteiger partial charge in [-0.2, -0.15) is 5.10 Å². The van der Waals surface area contributed by atoms with Crippen LogP contribution in [0.15, 0.2) is 59.3 Å². The van der Waals surface area contributed by atoms with Gasteiger partial charge in [-0.25, -0.2) is 4.79 Å². The number of piperazine rings is 1. The fourth-order valence-electron chi connectivity index (χ4n) is 4.67. The number of urea groups is 1. The Labute approximate surface area is 232 Å². The van der Waals surface area contributed by atoms with E-state index in [1.807, 2.05) is 50.2 Å². The third-order valence-corrected chi connectivity index (χ3v) is 7.05. The Bertz CT molecular complexity index is 1470. The molecule has 4 N–H and O–H groups in total. The molecule has 0 spiro atoms. The summed E-state index contributed by atoms with van der Waals surface area (Å²) in [5.41, 5.74) is 5.19. The molecule has 0 aliphatic carbocycles. The number of rotatable bonds is 8. The van der Waals surface area contributed by atoms with Crippen molar-refractivity contribution in [2.24, 2.45) is 0 Å². The number of amides is 3.